The lowest BCUT2D eigenvalue weighted by Crippen LogP contribution is -2.37. The van der Waals surface area contributed by atoms with E-state index in [1.54, 1.807) is 11.6 Å². The molecule has 2 rings (SSSR count). The molecule has 0 aromatic carbocycles. The molecule has 0 saturated heterocycles. The summed E-state index contributed by atoms with van der Waals surface area (Å²) in [6, 6.07) is 3.86. The third-order valence-electron chi connectivity index (χ3n) is 3.30. The van der Waals surface area contributed by atoms with Crippen molar-refractivity contribution in [1.82, 2.24) is 9.78 Å². The van der Waals surface area contributed by atoms with Crippen molar-refractivity contribution in [3.05, 3.63) is 45.0 Å². The SMILES string of the molecule is CCc1cc(CC)n(-c2c(C)cc(Cl)c(C)[n+]2[O-])n1. The Kier molecular flexibility index (Phi) is 3.80. The van der Waals surface area contributed by atoms with Crippen LogP contribution in [0.25, 0.3) is 5.82 Å². The summed E-state index contributed by atoms with van der Waals surface area (Å²) in [4.78, 5) is 0. The van der Waals surface area contributed by atoms with Crippen LogP contribution in [0.5, 0.6) is 0 Å². The van der Waals surface area contributed by atoms with Crippen LogP contribution in [-0.2, 0) is 12.8 Å². The monoisotopic (exact) mass is 279 g/mol. The maximum absolute atomic E-state index is 12.3. The fraction of sp³-hybridized carbons (Fsp3) is 0.429. The van der Waals surface area contributed by atoms with Crippen molar-refractivity contribution in [1.29, 1.82) is 0 Å². The summed E-state index contributed by atoms with van der Waals surface area (Å²) in [5.41, 5.74) is 3.35. The Morgan fingerprint density at radius 2 is 1.95 bits per heavy atom. The molecule has 0 atom stereocenters. The summed E-state index contributed by atoms with van der Waals surface area (Å²) in [6.07, 6.45) is 1.68. The van der Waals surface area contributed by atoms with Crippen LogP contribution < -0.4 is 4.73 Å². The van der Waals surface area contributed by atoms with Crippen molar-refractivity contribution in [3.63, 3.8) is 0 Å². The van der Waals surface area contributed by atoms with Crippen molar-refractivity contribution in [3.8, 4) is 5.82 Å². The number of aromatic nitrogens is 3. The summed E-state index contributed by atoms with van der Waals surface area (Å²) in [6.45, 7) is 7.70. The first-order valence-electron chi connectivity index (χ1n) is 6.47. The van der Waals surface area contributed by atoms with Crippen LogP contribution in [0, 0.1) is 19.1 Å². The van der Waals surface area contributed by atoms with Crippen molar-refractivity contribution >= 4 is 11.6 Å². The molecule has 2 heterocycles. The smallest absolute Gasteiger partial charge is 0.313 e. The van der Waals surface area contributed by atoms with Crippen LogP contribution >= 0.6 is 11.6 Å². The quantitative estimate of drug-likeness (QED) is 0.640. The van der Waals surface area contributed by atoms with E-state index in [0.29, 0.717) is 16.5 Å². The highest BCUT2D eigenvalue weighted by molar-refractivity contribution is 6.31. The Morgan fingerprint density at radius 1 is 1.26 bits per heavy atom. The molecule has 4 nitrogen and oxygen atoms in total. The van der Waals surface area contributed by atoms with E-state index >= 15 is 0 Å². The van der Waals surface area contributed by atoms with E-state index in [-0.39, 0.29) is 0 Å². The molecule has 0 radical (unpaired) electrons. The van der Waals surface area contributed by atoms with Gasteiger partial charge in [-0.3, -0.25) is 0 Å². The van der Waals surface area contributed by atoms with E-state index in [4.69, 9.17) is 11.6 Å². The minimum atomic E-state index is 0.483. The molecule has 0 spiro atoms. The lowest BCUT2D eigenvalue weighted by Gasteiger charge is -2.14. The number of pyridine rings is 1. The first kappa shape index (κ1) is 13.9. The molecular weight excluding hydrogens is 262 g/mol. The average Bonchev–Trinajstić information content (AvgIpc) is 2.79. The van der Waals surface area contributed by atoms with Crippen molar-refractivity contribution in [2.75, 3.05) is 0 Å². The van der Waals surface area contributed by atoms with Crippen LogP contribution in [0.1, 0.15) is 36.5 Å². The van der Waals surface area contributed by atoms with E-state index in [0.717, 1.165) is 34.5 Å². The zero-order valence-corrected chi connectivity index (χ0v) is 12.5. The highest BCUT2D eigenvalue weighted by atomic mass is 35.5. The molecule has 0 N–H and O–H groups in total. The van der Waals surface area contributed by atoms with Gasteiger partial charge < -0.3 is 5.21 Å². The summed E-state index contributed by atoms with van der Waals surface area (Å²) in [7, 11) is 0. The summed E-state index contributed by atoms with van der Waals surface area (Å²) < 4.78 is 2.60. The molecule has 0 fully saturated rings. The van der Waals surface area contributed by atoms with E-state index < -0.39 is 0 Å². The van der Waals surface area contributed by atoms with E-state index in [2.05, 4.69) is 18.9 Å². The first-order chi connectivity index (χ1) is 8.99. The molecule has 2 aromatic heterocycles. The van der Waals surface area contributed by atoms with E-state index in [1.807, 2.05) is 19.1 Å². The molecule has 19 heavy (non-hydrogen) atoms. The topological polar surface area (TPSA) is 44.8 Å². The summed E-state index contributed by atoms with van der Waals surface area (Å²) in [5, 5.41) is 17.3. The molecule has 102 valence electrons. The Bertz CT molecular complexity index is 620. The maximum Gasteiger partial charge on any atom is 0.313 e. The summed E-state index contributed by atoms with van der Waals surface area (Å²) in [5.74, 6) is 0.540. The van der Waals surface area contributed by atoms with Gasteiger partial charge in [0.1, 0.15) is 11.4 Å². The number of halogens is 1. The molecule has 0 aliphatic rings. The van der Waals surface area contributed by atoms with Crippen LogP contribution in [0.4, 0.5) is 0 Å². The number of rotatable bonds is 3. The highest BCUT2D eigenvalue weighted by Gasteiger charge is 2.22. The van der Waals surface area contributed by atoms with Gasteiger partial charge in [0, 0.05) is 18.1 Å². The third kappa shape index (κ3) is 2.32. The summed E-state index contributed by atoms with van der Waals surface area (Å²) >= 11 is 6.03. The third-order valence-corrected chi connectivity index (χ3v) is 3.68. The minimum absolute atomic E-state index is 0.483. The van der Waals surface area contributed by atoms with Crippen LogP contribution in [0.2, 0.25) is 5.02 Å². The van der Waals surface area contributed by atoms with Gasteiger partial charge in [-0.25, -0.2) is 4.73 Å². The van der Waals surface area contributed by atoms with Gasteiger partial charge in [0.05, 0.1) is 10.7 Å². The molecule has 2 aromatic rings. The standard InChI is InChI=1S/C14H18ClN3O/c1-5-11-8-12(6-2)17(16-11)14-9(3)7-13(15)10(4)18(14)19/h7-8H,5-6H2,1-4H3. The number of hydrogen-bond donors (Lipinski definition) is 0. The zero-order valence-electron chi connectivity index (χ0n) is 11.7. The fourth-order valence-corrected chi connectivity index (χ4v) is 2.35. The Morgan fingerprint density at radius 3 is 2.53 bits per heavy atom. The molecule has 0 aliphatic heterocycles. The second kappa shape index (κ2) is 5.21. The zero-order chi connectivity index (χ0) is 14.2. The van der Waals surface area contributed by atoms with Gasteiger partial charge in [-0.2, -0.15) is 0 Å². The second-order valence-corrected chi connectivity index (χ2v) is 5.03. The number of nitrogens with zero attached hydrogens (tertiary/aromatic N) is 3. The molecule has 0 aliphatic carbocycles. The highest BCUT2D eigenvalue weighted by Crippen LogP contribution is 2.20. The van der Waals surface area contributed by atoms with Gasteiger partial charge in [0.2, 0.25) is 0 Å². The molecule has 0 bridgehead atoms. The van der Waals surface area contributed by atoms with Gasteiger partial charge >= 0.3 is 5.82 Å². The Balaban J connectivity index is 2.71. The van der Waals surface area contributed by atoms with E-state index in [1.165, 1.54) is 0 Å². The van der Waals surface area contributed by atoms with Crippen LogP contribution in [-0.4, -0.2) is 9.78 Å². The normalized spacial score (nSPS) is 11.0. The van der Waals surface area contributed by atoms with E-state index in [9.17, 15) is 5.21 Å². The largest absolute Gasteiger partial charge is 0.710 e. The molecule has 5 heteroatoms. The van der Waals surface area contributed by atoms with Gasteiger partial charge in [-0.15, -0.1) is 4.68 Å². The van der Waals surface area contributed by atoms with Crippen LogP contribution in [0.3, 0.4) is 0 Å². The van der Waals surface area contributed by atoms with Gasteiger partial charge in [0.25, 0.3) is 0 Å². The molecule has 0 unspecified atom stereocenters. The van der Waals surface area contributed by atoms with Gasteiger partial charge in [-0.05, 0) is 26.3 Å². The van der Waals surface area contributed by atoms with Crippen molar-refractivity contribution < 1.29 is 4.73 Å². The Hall–Kier alpha value is -1.55. The lowest BCUT2D eigenvalue weighted by molar-refractivity contribution is -0.607. The lowest BCUT2D eigenvalue weighted by atomic mass is 10.2. The molecule has 0 saturated carbocycles. The van der Waals surface area contributed by atoms with Crippen LogP contribution in [0.15, 0.2) is 12.1 Å². The van der Waals surface area contributed by atoms with Crippen molar-refractivity contribution in [2.24, 2.45) is 0 Å². The predicted octanol–water partition coefficient (Wildman–Crippen LogP) is 2.90. The first-order valence-corrected chi connectivity index (χ1v) is 6.84. The minimum Gasteiger partial charge on any atom is -0.710 e. The van der Waals surface area contributed by atoms with Crippen molar-refractivity contribution in [2.45, 2.75) is 40.5 Å². The van der Waals surface area contributed by atoms with Gasteiger partial charge in [0.15, 0.2) is 0 Å². The fourth-order valence-electron chi connectivity index (χ4n) is 2.11. The Labute approximate surface area is 118 Å². The number of hydrogen-bond acceptors (Lipinski definition) is 2. The predicted molar refractivity (Wildman–Crippen MR) is 75.8 cm³/mol. The second-order valence-electron chi connectivity index (χ2n) is 4.62. The molecule has 0 amide bonds. The average molecular weight is 280 g/mol. The van der Waals surface area contributed by atoms with Gasteiger partial charge in [-0.1, -0.05) is 30.5 Å². The number of aryl methyl sites for hydroxylation is 3. The molecular formula is C14H18ClN3O. The maximum atomic E-state index is 12.3.